The largest absolute Gasteiger partial charge is 0.308 e. The van der Waals surface area contributed by atoms with E-state index in [2.05, 4.69) is 33.1 Å². The second-order valence-electron chi connectivity index (χ2n) is 9.62. The van der Waals surface area contributed by atoms with E-state index in [0.717, 1.165) is 76.2 Å². The predicted octanol–water partition coefficient (Wildman–Crippen LogP) is 6.71. The topological polar surface area (TPSA) is 43.0 Å². The van der Waals surface area contributed by atoms with Crippen LogP contribution in [0, 0.1) is 0 Å². The molecular weight excluding hydrogens is 444 g/mol. The molecule has 4 aromatic heterocycles. The molecular formula is C32H16N2O2. The molecule has 0 bridgehead atoms. The summed E-state index contributed by atoms with van der Waals surface area (Å²) in [4.78, 5) is 26.9. The maximum atomic E-state index is 13.5. The number of rotatable bonds is 0. The number of para-hydroxylation sites is 4. The lowest BCUT2D eigenvalue weighted by Crippen LogP contribution is -2.06. The number of hydrogen-bond acceptors (Lipinski definition) is 2. The average molecular weight is 460 g/mol. The molecule has 0 saturated carbocycles. The Balaban J connectivity index is 1.70. The number of nitrogens with zero attached hydrogens (tertiary/aromatic N) is 2. The van der Waals surface area contributed by atoms with Gasteiger partial charge in [0.1, 0.15) is 0 Å². The molecule has 0 aliphatic heterocycles. The van der Waals surface area contributed by atoms with Crippen LogP contribution >= 0.6 is 0 Å². The summed E-state index contributed by atoms with van der Waals surface area (Å²) < 4.78 is 4.48. The lowest BCUT2D eigenvalue weighted by atomic mass is 10.0. The highest BCUT2D eigenvalue weighted by Crippen LogP contribution is 2.42. The van der Waals surface area contributed by atoms with Gasteiger partial charge in [-0.05, 0) is 48.5 Å². The minimum atomic E-state index is 0.0601. The van der Waals surface area contributed by atoms with Gasteiger partial charge in [-0.1, -0.05) is 48.5 Å². The molecule has 0 aliphatic carbocycles. The van der Waals surface area contributed by atoms with Gasteiger partial charge in [0.05, 0.1) is 33.1 Å². The first-order valence-corrected chi connectivity index (χ1v) is 12.1. The van der Waals surface area contributed by atoms with Crippen LogP contribution in [0.25, 0.3) is 76.2 Å². The molecule has 166 valence electrons. The molecule has 4 heteroatoms. The second-order valence-corrected chi connectivity index (χ2v) is 9.62. The summed E-state index contributed by atoms with van der Waals surface area (Å²) in [6, 6.07) is 32.1. The van der Waals surface area contributed by atoms with Crippen LogP contribution in [0.15, 0.2) is 107 Å². The number of pyridine rings is 2. The Hall–Kier alpha value is -4.96. The number of benzene rings is 5. The molecule has 0 unspecified atom stereocenters. The van der Waals surface area contributed by atoms with Gasteiger partial charge in [0.15, 0.2) is 10.9 Å². The lowest BCUT2D eigenvalue weighted by Gasteiger charge is -2.07. The van der Waals surface area contributed by atoms with Crippen LogP contribution in [0.3, 0.4) is 0 Å². The molecule has 9 rings (SSSR count). The summed E-state index contributed by atoms with van der Waals surface area (Å²) in [5.41, 5.74) is 5.97. The molecule has 4 heterocycles. The Labute approximate surface area is 202 Å². The van der Waals surface area contributed by atoms with Gasteiger partial charge in [0, 0.05) is 43.1 Å². The maximum Gasteiger partial charge on any atom is 0.197 e. The van der Waals surface area contributed by atoms with Crippen molar-refractivity contribution in [2.45, 2.75) is 0 Å². The summed E-state index contributed by atoms with van der Waals surface area (Å²) >= 11 is 0. The van der Waals surface area contributed by atoms with Crippen LogP contribution in [0.4, 0.5) is 0 Å². The average Bonchev–Trinajstić information content (AvgIpc) is 3.44. The first-order valence-electron chi connectivity index (χ1n) is 12.1. The van der Waals surface area contributed by atoms with Gasteiger partial charge in [0.25, 0.3) is 0 Å². The van der Waals surface area contributed by atoms with Crippen molar-refractivity contribution >= 4 is 76.2 Å². The summed E-state index contributed by atoms with van der Waals surface area (Å²) in [6.45, 7) is 0. The molecule has 5 aromatic carbocycles. The van der Waals surface area contributed by atoms with E-state index in [1.54, 1.807) is 0 Å². The standard InChI is InChI=1S/C32H16N2O2/c35-31-17-7-1-3-13-23(17)33-25-15-16-26-28(27(25)19-9-5-11-21(31)29(19)33)20-10-6-12-22-30(20)34(26)24-14-4-2-8-18(24)32(22)36/h1-16H. The van der Waals surface area contributed by atoms with E-state index in [4.69, 9.17) is 0 Å². The Morgan fingerprint density at radius 1 is 0.361 bits per heavy atom. The molecule has 4 nitrogen and oxygen atoms in total. The number of fused-ring (bicyclic) bond motifs is 11. The second kappa shape index (κ2) is 5.99. The molecule has 36 heavy (non-hydrogen) atoms. The molecule has 9 aromatic rings. The fourth-order valence-electron chi connectivity index (χ4n) is 6.59. The Morgan fingerprint density at radius 2 is 0.750 bits per heavy atom. The zero-order chi connectivity index (χ0) is 23.7. The molecule has 0 fully saturated rings. The van der Waals surface area contributed by atoms with E-state index in [0.29, 0.717) is 0 Å². The summed E-state index contributed by atoms with van der Waals surface area (Å²) in [5.74, 6) is 0. The van der Waals surface area contributed by atoms with Gasteiger partial charge in [-0.3, -0.25) is 9.59 Å². The first kappa shape index (κ1) is 18.4. The van der Waals surface area contributed by atoms with Crippen molar-refractivity contribution in [2.75, 3.05) is 0 Å². The van der Waals surface area contributed by atoms with Crippen molar-refractivity contribution in [1.29, 1.82) is 0 Å². The van der Waals surface area contributed by atoms with Crippen molar-refractivity contribution in [3.8, 4) is 0 Å². The Kier molecular flexibility index (Phi) is 3.06. The van der Waals surface area contributed by atoms with Gasteiger partial charge < -0.3 is 8.80 Å². The fraction of sp³-hybridized carbons (Fsp3) is 0. The quantitative estimate of drug-likeness (QED) is 0.236. The van der Waals surface area contributed by atoms with Crippen molar-refractivity contribution in [3.63, 3.8) is 0 Å². The monoisotopic (exact) mass is 460 g/mol. The molecule has 0 aliphatic rings. The van der Waals surface area contributed by atoms with Gasteiger partial charge in [-0.15, -0.1) is 0 Å². The minimum absolute atomic E-state index is 0.0601. The molecule has 0 N–H and O–H groups in total. The van der Waals surface area contributed by atoms with E-state index in [1.807, 2.05) is 72.8 Å². The van der Waals surface area contributed by atoms with Crippen molar-refractivity contribution < 1.29 is 0 Å². The van der Waals surface area contributed by atoms with Crippen molar-refractivity contribution in [1.82, 2.24) is 8.80 Å². The van der Waals surface area contributed by atoms with Gasteiger partial charge in [-0.2, -0.15) is 0 Å². The predicted molar refractivity (Wildman–Crippen MR) is 148 cm³/mol. The van der Waals surface area contributed by atoms with Crippen LogP contribution in [0.5, 0.6) is 0 Å². The molecule has 0 spiro atoms. The van der Waals surface area contributed by atoms with Crippen LogP contribution < -0.4 is 10.9 Å². The Morgan fingerprint density at radius 3 is 1.22 bits per heavy atom. The summed E-state index contributed by atoms with van der Waals surface area (Å²) in [5, 5.41) is 7.23. The normalized spacial score (nSPS) is 12.7. The molecule has 0 saturated heterocycles. The highest BCUT2D eigenvalue weighted by molar-refractivity contribution is 6.32. The molecule has 0 radical (unpaired) electrons. The van der Waals surface area contributed by atoms with E-state index < -0.39 is 0 Å². The van der Waals surface area contributed by atoms with Crippen LogP contribution in [-0.2, 0) is 0 Å². The lowest BCUT2D eigenvalue weighted by molar-refractivity contribution is 1.33. The van der Waals surface area contributed by atoms with Gasteiger partial charge in [-0.25, -0.2) is 0 Å². The number of hydrogen-bond donors (Lipinski definition) is 0. The van der Waals surface area contributed by atoms with Crippen LogP contribution in [0.2, 0.25) is 0 Å². The highest BCUT2D eigenvalue weighted by atomic mass is 16.1. The third-order valence-corrected chi connectivity index (χ3v) is 7.97. The smallest absolute Gasteiger partial charge is 0.197 e. The van der Waals surface area contributed by atoms with Gasteiger partial charge in [0.2, 0.25) is 0 Å². The zero-order valence-electron chi connectivity index (χ0n) is 18.9. The highest BCUT2D eigenvalue weighted by Gasteiger charge is 2.23. The Bertz CT molecular complexity index is 2340. The SMILES string of the molecule is O=c1c2ccccc2n2c3ccc4c(c5cccc6c(=O)c7ccccc7n4c65)c3c3cccc1c32. The van der Waals surface area contributed by atoms with Gasteiger partial charge >= 0.3 is 0 Å². The third-order valence-electron chi connectivity index (χ3n) is 7.97. The third kappa shape index (κ3) is 1.89. The van der Waals surface area contributed by atoms with Crippen LogP contribution in [-0.4, -0.2) is 8.80 Å². The minimum Gasteiger partial charge on any atom is -0.308 e. The number of aromatic nitrogens is 2. The maximum absolute atomic E-state index is 13.5. The summed E-state index contributed by atoms with van der Waals surface area (Å²) in [7, 11) is 0. The molecule has 0 atom stereocenters. The van der Waals surface area contributed by atoms with Crippen molar-refractivity contribution in [2.24, 2.45) is 0 Å². The van der Waals surface area contributed by atoms with E-state index in [9.17, 15) is 9.59 Å². The fourth-order valence-corrected chi connectivity index (χ4v) is 6.59. The van der Waals surface area contributed by atoms with E-state index in [1.165, 1.54) is 0 Å². The van der Waals surface area contributed by atoms with Crippen LogP contribution in [0.1, 0.15) is 0 Å². The summed E-state index contributed by atoms with van der Waals surface area (Å²) in [6.07, 6.45) is 0. The zero-order valence-corrected chi connectivity index (χ0v) is 18.9. The van der Waals surface area contributed by atoms with E-state index >= 15 is 0 Å². The van der Waals surface area contributed by atoms with E-state index in [-0.39, 0.29) is 10.9 Å². The van der Waals surface area contributed by atoms with Crippen molar-refractivity contribution in [3.05, 3.63) is 118 Å². The molecule has 0 amide bonds. The first-order chi connectivity index (χ1) is 17.7.